The molecule has 1 aliphatic rings. The third-order valence-corrected chi connectivity index (χ3v) is 8.50. The van der Waals surface area contributed by atoms with Crippen LogP contribution in [0.15, 0.2) is 60.7 Å². The zero-order valence-corrected chi connectivity index (χ0v) is 23.9. The highest BCUT2D eigenvalue weighted by Crippen LogP contribution is 2.30. The number of carbonyl (C=O) groups is 2. The van der Waals surface area contributed by atoms with E-state index >= 15 is 0 Å². The number of nitrogens with one attached hydrogen (secondary N) is 2. The van der Waals surface area contributed by atoms with Crippen LogP contribution in [0.25, 0.3) is 10.8 Å². The molecule has 214 valence electrons. The molecule has 0 saturated carbocycles. The number of sulfonamides is 1. The molecule has 3 aromatic carbocycles. The van der Waals surface area contributed by atoms with Gasteiger partial charge in [-0.2, -0.15) is 0 Å². The Morgan fingerprint density at radius 3 is 2.60 bits per heavy atom. The van der Waals surface area contributed by atoms with Gasteiger partial charge in [0.15, 0.2) is 0 Å². The average molecular weight is 569 g/mol. The van der Waals surface area contributed by atoms with E-state index in [1.807, 2.05) is 49.4 Å². The number of aliphatic hydroxyl groups is 1. The second-order valence-electron chi connectivity index (χ2n) is 10.4. The Balaban J connectivity index is 1.61. The maximum atomic E-state index is 13.4. The van der Waals surface area contributed by atoms with Crippen molar-refractivity contribution in [2.45, 2.75) is 32.4 Å². The fourth-order valence-electron chi connectivity index (χ4n) is 4.73. The number of carbonyl (C=O) groups excluding carboxylic acids is 2. The smallest absolute Gasteiger partial charge is 0.323 e. The van der Waals surface area contributed by atoms with Gasteiger partial charge in [-0.05, 0) is 36.6 Å². The van der Waals surface area contributed by atoms with E-state index in [9.17, 15) is 23.1 Å². The Kier molecular flexibility index (Phi) is 8.97. The summed E-state index contributed by atoms with van der Waals surface area (Å²) in [5, 5.41) is 17.4. The van der Waals surface area contributed by atoms with Gasteiger partial charge < -0.3 is 25.4 Å². The fraction of sp³-hybridized carbons (Fsp3) is 0.379. The van der Waals surface area contributed by atoms with E-state index < -0.39 is 28.2 Å². The number of nitrogens with zero attached hydrogens (tertiary/aromatic N) is 2. The summed E-state index contributed by atoms with van der Waals surface area (Å²) in [5.74, 6) is -0.00397. The lowest BCUT2D eigenvalue weighted by Crippen LogP contribution is -2.48. The van der Waals surface area contributed by atoms with Crippen molar-refractivity contribution in [1.82, 2.24) is 9.21 Å². The van der Waals surface area contributed by atoms with E-state index in [0.29, 0.717) is 22.7 Å². The van der Waals surface area contributed by atoms with Crippen molar-refractivity contribution in [3.05, 3.63) is 66.2 Å². The second kappa shape index (κ2) is 12.2. The Bertz CT molecular complexity index is 1490. The van der Waals surface area contributed by atoms with Crippen molar-refractivity contribution in [2.24, 2.45) is 5.92 Å². The maximum Gasteiger partial charge on any atom is 0.323 e. The van der Waals surface area contributed by atoms with Crippen molar-refractivity contribution in [3.63, 3.8) is 0 Å². The number of benzene rings is 3. The number of amides is 3. The SMILES string of the molecule is C[C@@H]1CN([C@@H](C)CO)C(=O)Cc2cc(NC(=O)Nc3cccc4ccccc34)ccc2O[C@H]1CN(C)S(C)(=O)=O. The van der Waals surface area contributed by atoms with E-state index in [1.165, 1.54) is 11.4 Å². The monoisotopic (exact) mass is 568 g/mol. The summed E-state index contributed by atoms with van der Waals surface area (Å²) in [6, 6.07) is 17.6. The highest BCUT2D eigenvalue weighted by atomic mass is 32.2. The Labute approximate surface area is 235 Å². The highest BCUT2D eigenvalue weighted by Gasteiger charge is 2.32. The summed E-state index contributed by atoms with van der Waals surface area (Å²) in [6.45, 7) is 3.81. The number of rotatable bonds is 7. The lowest BCUT2D eigenvalue weighted by Gasteiger charge is -2.33. The van der Waals surface area contributed by atoms with E-state index in [4.69, 9.17) is 4.74 Å². The first-order valence-corrected chi connectivity index (χ1v) is 15.0. The topological polar surface area (TPSA) is 128 Å². The minimum absolute atomic E-state index is 0.0124. The molecule has 0 bridgehead atoms. The fourth-order valence-corrected chi connectivity index (χ4v) is 5.15. The number of aliphatic hydroxyl groups excluding tert-OH is 1. The molecule has 0 aromatic heterocycles. The predicted molar refractivity (Wildman–Crippen MR) is 156 cm³/mol. The molecular weight excluding hydrogens is 532 g/mol. The van der Waals surface area contributed by atoms with Crippen LogP contribution in [0.5, 0.6) is 5.75 Å². The van der Waals surface area contributed by atoms with Crippen LogP contribution in [0, 0.1) is 5.92 Å². The number of urea groups is 1. The summed E-state index contributed by atoms with van der Waals surface area (Å²) in [7, 11) is -1.97. The lowest BCUT2D eigenvalue weighted by molar-refractivity contribution is -0.134. The molecule has 3 aromatic rings. The molecule has 1 heterocycles. The molecule has 0 spiro atoms. The third-order valence-electron chi connectivity index (χ3n) is 7.22. The molecule has 0 unspecified atom stereocenters. The van der Waals surface area contributed by atoms with Gasteiger partial charge in [0.1, 0.15) is 11.9 Å². The third kappa shape index (κ3) is 6.90. The molecule has 40 heavy (non-hydrogen) atoms. The van der Waals surface area contributed by atoms with Crippen molar-refractivity contribution in [3.8, 4) is 5.75 Å². The first kappa shape index (κ1) is 29.3. The van der Waals surface area contributed by atoms with Crippen molar-refractivity contribution in [1.29, 1.82) is 0 Å². The Hall–Kier alpha value is -3.67. The highest BCUT2D eigenvalue weighted by molar-refractivity contribution is 7.88. The number of likely N-dealkylation sites (N-methyl/N-ethyl adjacent to an activating group) is 1. The van der Waals surface area contributed by atoms with Gasteiger partial charge in [-0.1, -0.05) is 43.3 Å². The van der Waals surface area contributed by atoms with E-state index in [0.717, 1.165) is 17.0 Å². The van der Waals surface area contributed by atoms with Crippen LogP contribution >= 0.6 is 0 Å². The van der Waals surface area contributed by atoms with Crippen molar-refractivity contribution < 1.29 is 27.9 Å². The van der Waals surface area contributed by atoms with Crippen molar-refractivity contribution in [2.75, 3.05) is 43.6 Å². The molecule has 3 N–H and O–H groups in total. The largest absolute Gasteiger partial charge is 0.488 e. The van der Waals surface area contributed by atoms with Crippen LogP contribution in [0.4, 0.5) is 16.2 Å². The molecule has 4 rings (SSSR count). The van der Waals surface area contributed by atoms with E-state index in [1.54, 1.807) is 30.0 Å². The predicted octanol–water partition coefficient (Wildman–Crippen LogP) is 3.52. The van der Waals surface area contributed by atoms with Crippen LogP contribution in [0.3, 0.4) is 0 Å². The standard InChI is InChI=1S/C29H36N4O6S/c1-19-16-33(20(2)18-34)28(35)15-22-14-23(12-13-26(22)39-27(19)17-32(3)40(4,37)38)30-29(36)31-25-11-7-9-21-8-5-6-10-24(21)25/h5-14,19-20,27,34H,15-18H2,1-4H3,(H2,30,31,36)/t19-,20+,27+/m1/s1. The molecule has 0 saturated heterocycles. The number of hydrogen-bond acceptors (Lipinski definition) is 6. The molecular formula is C29H36N4O6S. The van der Waals surface area contributed by atoms with E-state index in [2.05, 4.69) is 10.6 Å². The first-order valence-electron chi connectivity index (χ1n) is 13.1. The van der Waals surface area contributed by atoms with Gasteiger partial charge >= 0.3 is 6.03 Å². The van der Waals surface area contributed by atoms with Gasteiger partial charge in [0.05, 0.1) is 37.6 Å². The minimum atomic E-state index is -3.46. The minimum Gasteiger partial charge on any atom is -0.488 e. The van der Waals surface area contributed by atoms with Crippen LogP contribution in [-0.2, 0) is 21.2 Å². The molecule has 1 aliphatic heterocycles. The van der Waals surface area contributed by atoms with Gasteiger partial charge in [-0.25, -0.2) is 17.5 Å². The summed E-state index contributed by atoms with van der Waals surface area (Å²) in [5.41, 5.74) is 1.67. The summed E-state index contributed by atoms with van der Waals surface area (Å²) in [4.78, 5) is 27.9. The zero-order chi connectivity index (χ0) is 29.0. The van der Waals surface area contributed by atoms with Gasteiger partial charge in [0, 0.05) is 36.1 Å². The summed E-state index contributed by atoms with van der Waals surface area (Å²) in [6.07, 6.45) is 0.555. The van der Waals surface area contributed by atoms with Gasteiger partial charge in [-0.15, -0.1) is 0 Å². The maximum absolute atomic E-state index is 13.4. The Morgan fingerprint density at radius 1 is 1.15 bits per heavy atom. The Morgan fingerprint density at radius 2 is 1.88 bits per heavy atom. The summed E-state index contributed by atoms with van der Waals surface area (Å²) < 4.78 is 31.8. The molecule has 10 nitrogen and oxygen atoms in total. The zero-order valence-electron chi connectivity index (χ0n) is 23.1. The quantitative estimate of drug-likeness (QED) is 0.400. The molecule has 3 atom stereocenters. The molecule has 0 fully saturated rings. The van der Waals surface area contributed by atoms with E-state index in [-0.39, 0.29) is 37.9 Å². The van der Waals surface area contributed by atoms with Crippen LogP contribution in [0.2, 0.25) is 0 Å². The average Bonchev–Trinajstić information content (AvgIpc) is 2.95. The lowest BCUT2D eigenvalue weighted by atomic mass is 10.0. The van der Waals surface area contributed by atoms with Gasteiger partial charge in [0.2, 0.25) is 15.9 Å². The van der Waals surface area contributed by atoms with Crippen LogP contribution < -0.4 is 15.4 Å². The first-order chi connectivity index (χ1) is 19.0. The number of ether oxygens (including phenoxy) is 1. The molecule has 3 amide bonds. The van der Waals surface area contributed by atoms with Gasteiger partial charge in [-0.3, -0.25) is 4.79 Å². The number of hydrogen-bond donors (Lipinski definition) is 3. The molecule has 11 heteroatoms. The van der Waals surface area contributed by atoms with Crippen LogP contribution in [0.1, 0.15) is 19.4 Å². The summed E-state index contributed by atoms with van der Waals surface area (Å²) >= 11 is 0. The second-order valence-corrected chi connectivity index (χ2v) is 12.4. The number of anilines is 2. The van der Waals surface area contributed by atoms with Crippen molar-refractivity contribution >= 4 is 44.1 Å². The van der Waals surface area contributed by atoms with Gasteiger partial charge in [0.25, 0.3) is 0 Å². The number of fused-ring (bicyclic) bond motifs is 2. The molecule has 0 radical (unpaired) electrons. The molecule has 0 aliphatic carbocycles. The van der Waals surface area contributed by atoms with Crippen LogP contribution in [-0.4, -0.2) is 79.8 Å². The normalized spacial score (nSPS) is 18.8.